The van der Waals surface area contributed by atoms with Gasteiger partial charge in [-0.25, -0.2) is 13.2 Å². The molecule has 102 valence electrons. The van der Waals surface area contributed by atoms with E-state index in [2.05, 4.69) is 5.10 Å². The smallest absolute Gasteiger partial charge is 0.253 e. The molecule has 3 nitrogen and oxygen atoms in total. The molecule has 0 atom stereocenters. The molecule has 19 heavy (non-hydrogen) atoms. The average molecular weight is 270 g/mol. The third-order valence-corrected chi connectivity index (χ3v) is 2.86. The summed E-state index contributed by atoms with van der Waals surface area (Å²) in [5.74, 6) is -4.00. The number of rotatable bonds is 1. The number of hydrazone groups is 1. The predicted octanol–water partition coefficient (Wildman–Crippen LogP) is 3.24. The number of benzene rings is 1. The molecule has 2 rings (SSSR count). The molecule has 0 aliphatic carbocycles. The van der Waals surface area contributed by atoms with Crippen LogP contribution in [-0.2, 0) is 4.79 Å². The molecule has 1 aromatic carbocycles. The first-order chi connectivity index (χ1) is 8.70. The summed E-state index contributed by atoms with van der Waals surface area (Å²) in [6, 6.07) is 1.04. The van der Waals surface area contributed by atoms with Crippen molar-refractivity contribution in [3.8, 4) is 0 Å². The van der Waals surface area contributed by atoms with Crippen LogP contribution < -0.4 is 5.01 Å². The highest BCUT2D eigenvalue weighted by atomic mass is 19.2. The van der Waals surface area contributed by atoms with Crippen LogP contribution >= 0.6 is 0 Å². The van der Waals surface area contributed by atoms with E-state index in [1.54, 1.807) is 0 Å². The van der Waals surface area contributed by atoms with E-state index in [1.165, 1.54) is 0 Å². The number of amides is 1. The molecule has 0 spiro atoms. The van der Waals surface area contributed by atoms with Crippen molar-refractivity contribution in [3.05, 3.63) is 29.6 Å². The fourth-order valence-corrected chi connectivity index (χ4v) is 1.71. The Morgan fingerprint density at radius 1 is 1.11 bits per heavy atom. The van der Waals surface area contributed by atoms with E-state index in [0.717, 1.165) is 5.01 Å². The highest BCUT2D eigenvalue weighted by molar-refractivity contribution is 6.14. The van der Waals surface area contributed by atoms with Crippen molar-refractivity contribution in [1.82, 2.24) is 0 Å². The third kappa shape index (κ3) is 2.47. The van der Waals surface area contributed by atoms with Crippen LogP contribution in [0.5, 0.6) is 0 Å². The monoisotopic (exact) mass is 270 g/mol. The van der Waals surface area contributed by atoms with Crippen LogP contribution in [0.1, 0.15) is 27.2 Å². The van der Waals surface area contributed by atoms with Crippen molar-refractivity contribution in [2.24, 2.45) is 10.5 Å². The number of hydrogen-bond donors (Lipinski definition) is 0. The van der Waals surface area contributed by atoms with Gasteiger partial charge in [0.15, 0.2) is 17.5 Å². The van der Waals surface area contributed by atoms with Gasteiger partial charge in [-0.3, -0.25) is 4.79 Å². The van der Waals surface area contributed by atoms with Crippen molar-refractivity contribution >= 4 is 17.3 Å². The number of halogens is 3. The topological polar surface area (TPSA) is 32.7 Å². The van der Waals surface area contributed by atoms with Gasteiger partial charge < -0.3 is 0 Å². The number of carbonyl (C=O) groups is 1. The highest BCUT2D eigenvalue weighted by Crippen LogP contribution is 2.30. The Kier molecular flexibility index (Phi) is 3.12. The molecule has 0 N–H and O–H groups in total. The van der Waals surface area contributed by atoms with E-state index in [0.29, 0.717) is 17.8 Å². The Balaban J connectivity index is 2.46. The summed E-state index contributed by atoms with van der Waals surface area (Å²) < 4.78 is 39.6. The lowest BCUT2D eigenvalue weighted by Crippen LogP contribution is -2.21. The van der Waals surface area contributed by atoms with Gasteiger partial charge >= 0.3 is 0 Å². The standard InChI is InChI=1S/C13H13F3N2O/c1-13(2,3)11-6-12(19)18(17-11)10-5-8(15)7(14)4-9(10)16/h4-5H,6H2,1-3H3. The Bertz CT molecular complexity index is 576. The Hall–Kier alpha value is -1.85. The number of nitrogens with zero attached hydrogens (tertiary/aromatic N) is 2. The molecule has 0 bridgehead atoms. The second kappa shape index (κ2) is 4.36. The molecule has 0 unspecified atom stereocenters. The first kappa shape index (κ1) is 13.6. The summed E-state index contributed by atoms with van der Waals surface area (Å²) in [4.78, 5) is 11.8. The third-order valence-electron chi connectivity index (χ3n) is 2.86. The fourth-order valence-electron chi connectivity index (χ4n) is 1.71. The minimum Gasteiger partial charge on any atom is -0.272 e. The average Bonchev–Trinajstić information content (AvgIpc) is 2.65. The molecular formula is C13H13F3N2O. The van der Waals surface area contributed by atoms with Crippen LogP contribution in [0.15, 0.2) is 17.2 Å². The van der Waals surface area contributed by atoms with E-state index in [1.807, 2.05) is 20.8 Å². The minimum absolute atomic E-state index is 0.0436. The van der Waals surface area contributed by atoms with Gasteiger partial charge in [0.25, 0.3) is 5.91 Å². The summed E-state index contributed by atoms with van der Waals surface area (Å²) >= 11 is 0. The van der Waals surface area contributed by atoms with E-state index in [4.69, 9.17) is 0 Å². The first-order valence-corrected chi connectivity index (χ1v) is 5.75. The van der Waals surface area contributed by atoms with E-state index >= 15 is 0 Å². The van der Waals surface area contributed by atoms with Crippen molar-refractivity contribution in [2.75, 3.05) is 5.01 Å². The van der Waals surface area contributed by atoms with Gasteiger partial charge in [-0.05, 0) is 0 Å². The van der Waals surface area contributed by atoms with Gasteiger partial charge in [-0.1, -0.05) is 20.8 Å². The molecule has 1 amide bonds. The molecule has 0 fully saturated rings. The molecule has 1 heterocycles. The van der Waals surface area contributed by atoms with Gasteiger partial charge in [0.1, 0.15) is 5.69 Å². The normalized spacial score (nSPS) is 16.0. The van der Waals surface area contributed by atoms with Crippen LogP contribution in [0.25, 0.3) is 0 Å². The van der Waals surface area contributed by atoms with E-state index in [9.17, 15) is 18.0 Å². The van der Waals surface area contributed by atoms with Crippen molar-refractivity contribution in [2.45, 2.75) is 27.2 Å². The maximum absolute atomic E-state index is 13.6. The minimum atomic E-state index is -1.30. The lowest BCUT2D eigenvalue weighted by atomic mass is 9.88. The summed E-state index contributed by atoms with van der Waals surface area (Å²) in [7, 11) is 0. The van der Waals surface area contributed by atoms with Gasteiger partial charge in [-0.2, -0.15) is 10.1 Å². The second-order valence-electron chi connectivity index (χ2n) is 5.40. The molecule has 0 saturated heterocycles. The molecular weight excluding hydrogens is 257 g/mol. The zero-order valence-corrected chi connectivity index (χ0v) is 10.8. The number of anilines is 1. The van der Waals surface area contributed by atoms with Gasteiger partial charge in [0.05, 0.1) is 12.1 Å². The highest BCUT2D eigenvalue weighted by Gasteiger charge is 2.33. The summed E-state index contributed by atoms with van der Waals surface area (Å²) in [6.07, 6.45) is 0.0436. The van der Waals surface area contributed by atoms with Crippen molar-refractivity contribution < 1.29 is 18.0 Å². The van der Waals surface area contributed by atoms with Crippen LogP contribution in [0.2, 0.25) is 0 Å². The Morgan fingerprint density at radius 3 is 2.21 bits per heavy atom. The first-order valence-electron chi connectivity index (χ1n) is 5.75. The largest absolute Gasteiger partial charge is 0.272 e. The quantitative estimate of drug-likeness (QED) is 0.721. The lowest BCUT2D eigenvalue weighted by Gasteiger charge is -2.16. The molecule has 1 aliphatic rings. The van der Waals surface area contributed by atoms with Crippen LogP contribution in [0.3, 0.4) is 0 Å². The lowest BCUT2D eigenvalue weighted by molar-refractivity contribution is -0.117. The van der Waals surface area contributed by atoms with Crippen molar-refractivity contribution in [3.63, 3.8) is 0 Å². The summed E-state index contributed by atoms with van der Waals surface area (Å²) in [6.45, 7) is 5.60. The van der Waals surface area contributed by atoms with E-state index < -0.39 is 23.4 Å². The van der Waals surface area contributed by atoms with Crippen molar-refractivity contribution in [1.29, 1.82) is 0 Å². The van der Waals surface area contributed by atoms with Crippen LogP contribution in [0, 0.1) is 22.9 Å². The van der Waals surface area contributed by atoms with Crippen LogP contribution in [-0.4, -0.2) is 11.6 Å². The molecule has 6 heteroatoms. The zero-order valence-electron chi connectivity index (χ0n) is 10.8. The summed E-state index contributed by atoms with van der Waals surface area (Å²) in [5, 5.41) is 4.80. The fraction of sp³-hybridized carbons (Fsp3) is 0.385. The maximum Gasteiger partial charge on any atom is 0.253 e. The van der Waals surface area contributed by atoms with E-state index in [-0.39, 0.29) is 17.5 Å². The molecule has 1 aliphatic heterocycles. The Labute approximate surface area is 108 Å². The predicted molar refractivity (Wildman–Crippen MR) is 65.3 cm³/mol. The molecule has 1 aromatic rings. The van der Waals surface area contributed by atoms with Crippen LogP contribution in [0.4, 0.5) is 18.9 Å². The Morgan fingerprint density at radius 2 is 1.68 bits per heavy atom. The molecule has 0 aromatic heterocycles. The second-order valence-corrected chi connectivity index (χ2v) is 5.40. The summed E-state index contributed by atoms with van der Waals surface area (Å²) in [5.41, 5.74) is -0.149. The van der Waals surface area contributed by atoms with Gasteiger partial charge in [0.2, 0.25) is 0 Å². The SMILES string of the molecule is CC(C)(C)C1=NN(c2cc(F)c(F)cc2F)C(=O)C1. The molecule has 0 saturated carbocycles. The number of hydrogen-bond acceptors (Lipinski definition) is 2. The maximum atomic E-state index is 13.6. The molecule has 0 radical (unpaired) electrons. The zero-order chi connectivity index (χ0) is 14.4. The van der Waals surface area contributed by atoms with Gasteiger partial charge in [-0.15, -0.1) is 0 Å². The number of carbonyl (C=O) groups excluding carboxylic acids is 1. The van der Waals surface area contributed by atoms with Gasteiger partial charge in [0, 0.05) is 17.5 Å².